The van der Waals surface area contributed by atoms with E-state index in [-0.39, 0.29) is 18.3 Å². The molecule has 0 unspecified atom stereocenters. The molecule has 0 radical (unpaired) electrons. The summed E-state index contributed by atoms with van der Waals surface area (Å²) < 4.78 is 10.5. The van der Waals surface area contributed by atoms with Crippen LogP contribution in [0.2, 0.25) is 5.02 Å². The summed E-state index contributed by atoms with van der Waals surface area (Å²) in [5.74, 6) is 0.782. The normalized spacial score (nSPS) is 10.3. The molecule has 0 N–H and O–H groups in total. The SMILES string of the molecule is COc1ccc(Cl)cc1N(Cc1ccco1)C(=O)CCl. The topological polar surface area (TPSA) is 42.7 Å². The van der Waals surface area contributed by atoms with Gasteiger partial charge in [-0.2, -0.15) is 0 Å². The Morgan fingerprint density at radius 1 is 1.40 bits per heavy atom. The van der Waals surface area contributed by atoms with Crippen LogP contribution in [0.15, 0.2) is 41.0 Å². The molecule has 0 bridgehead atoms. The molecule has 0 saturated heterocycles. The third-order valence-electron chi connectivity index (χ3n) is 2.74. The maximum Gasteiger partial charge on any atom is 0.242 e. The maximum atomic E-state index is 12.1. The van der Waals surface area contributed by atoms with E-state index in [9.17, 15) is 4.79 Å². The number of nitrogens with zero attached hydrogens (tertiary/aromatic N) is 1. The second kappa shape index (κ2) is 6.68. The number of benzene rings is 1. The number of furan rings is 1. The lowest BCUT2D eigenvalue weighted by molar-refractivity contribution is -0.116. The average molecular weight is 314 g/mol. The molecule has 2 rings (SSSR count). The third kappa shape index (κ3) is 3.26. The first-order valence-electron chi connectivity index (χ1n) is 5.88. The second-order valence-corrected chi connectivity index (χ2v) is 4.71. The third-order valence-corrected chi connectivity index (χ3v) is 3.20. The lowest BCUT2D eigenvalue weighted by Gasteiger charge is -2.23. The summed E-state index contributed by atoms with van der Waals surface area (Å²) in [5, 5.41) is 0.507. The fourth-order valence-electron chi connectivity index (χ4n) is 1.81. The lowest BCUT2D eigenvalue weighted by Crippen LogP contribution is -2.31. The first-order valence-corrected chi connectivity index (χ1v) is 6.79. The Hall–Kier alpha value is -1.65. The zero-order valence-electron chi connectivity index (χ0n) is 10.8. The highest BCUT2D eigenvalue weighted by Crippen LogP contribution is 2.32. The first kappa shape index (κ1) is 14.8. The van der Waals surface area contributed by atoms with Gasteiger partial charge in [-0.3, -0.25) is 4.79 Å². The fourth-order valence-corrected chi connectivity index (χ4v) is 2.12. The van der Waals surface area contributed by atoms with Crippen LogP contribution in [-0.4, -0.2) is 18.9 Å². The average Bonchev–Trinajstić information content (AvgIpc) is 2.97. The smallest absolute Gasteiger partial charge is 0.242 e. The van der Waals surface area contributed by atoms with Gasteiger partial charge in [0.25, 0.3) is 0 Å². The van der Waals surface area contributed by atoms with Gasteiger partial charge in [0.1, 0.15) is 17.4 Å². The summed E-state index contributed by atoms with van der Waals surface area (Å²) in [7, 11) is 1.53. The summed E-state index contributed by atoms with van der Waals surface area (Å²) in [4.78, 5) is 13.6. The zero-order chi connectivity index (χ0) is 14.5. The summed E-state index contributed by atoms with van der Waals surface area (Å²) in [6.07, 6.45) is 1.55. The van der Waals surface area contributed by atoms with Crippen molar-refractivity contribution in [3.05, 3.63) is 47.4 Å². The molecule has 0 aliphatic heterocycles. The van der Waals surface area contributed by atoms with E-state index in [1.165, 1.54) is 12.0 Å². The van der Waals surface area contributed by atoms with Gasteiger partial charge in [0.2, 0.25) is 5.91 Å². The Bertz CT molecular complexity index is 584. The quantitative estimate of drug-likeness (QED) is 0.790. The number of alkyl halides is 1. The molecule has 2 aromatic rings. The molecule has 1 aromatic carbocycles. The highest BCUT2D eigenvalue weighted by atomic mass is 35.5. The van der Waals surface area contributed by atoms with Crippen LogP contribution < -0.4 is 9.64 Å². The van der Waals surface area contributed by atoms with Gasteiger partial charge in [-0.25, -0.2) is 0 Å². The number of hydrogen-bond acceptors (Lipinski definition) is 3. The number of anilines is 1. The van der Waals surface area contributed by atoms with E-state index < -0.39 is 0 Å². The zero-order valence-corrected chi connectivity index (χ0v) is 12.3. The Labute approximate surface area is 126 Å². The van der Waals surface area contributed by atoms with E-state index >= 15 is 0 Å². The van der Waals surface area contributed by atoms with Crippen LogP contribution in [0.25, 0.3) is 0 Å². The molecule has 1 aromatic heterocycles. The molecule has 20 heavy (non-hydrogen) atoms. The monoisotopic (exact) mass is 313 g/mol. The van der Waals surface area contributed by atoms with E-state index in [2.05, 4.69) is 0 Å². The van der Waals surface area contributed by atoms with Gasteiger partial charge >= 0.3 is 0 Å². The molecule has 0 fully saturated rings. The van der Waals surface area contributed by atoms with Crippen molar-refractivity contribution in [3.8, 4) is 5.75 Å². The van der Waals surface area contributed by atoms with Crippen molar-refractivity contribution >= 4 is 34.8 Å². The Morgan fingerprint density at radius 2 is 2.20 bits per heavy atom. The molecule has 1 heterocycles. The number of amides is 1. The molecule has 0 saturated carbocycles. The van der Waals surface area contributed by atoms with Gasteiger partial charge in [-0.15, -0.1) is 11.6 Å². The second-order valence-electron chi connectivity index (χ2n) is 4.01. The van der Waals surface area contributed by atoms with Crippen molar-refractivity contribution < 1.29 is 13.9 Å². The number of rotatable bonds is 5. The standard InChI is InChI=1S/C14H13Cl2NO3/c1-19-13-5-4-10(16)7-12(13)17(14(18)8-15)9-11-3-2-6-20-11/h2-7H,8-9H2,1H3. The molecule has 4 nitrogen and oxygen atoms in total. The molecular formula is C14H13Cl2NO3. The maximum absolute atomic E-state index is 12.1. The van der Waals surface area contributed by atoms with E-state index in [1.807, 2.05) is 0 Å². The van der Waals surface area contributed by atoms with Crippen LogP contribution in [0, 0.1) is 0 Å². The molecule has 0 aliphatic rings. The van der Waals surface area contributed by atoms with Crippen LogP contribution in [0.3, 0.4) is 0 Å². The summed E-state index contributed by atoms with van der Waals surface area (Å²) in [6, 6.07) is 8.60. The first-order chi connectivity index (χ1) is 9.65. The van der Waals surface area contributed by atoms with E-state index in [4.69, 9.17) is 32.4 Å². The number of carbonyl (C=O) groups is 1. The Balaban J connectivity index is 2.40. The highest BCUT2D eigenvalue weighted by molar-refractivity contribution is 6.31. The lowest BCUT2D eigenvalue weighted by atomic mass is 10.2. The molecule has 0 atom stereocenters. The van der Waals surface area contributed by atoms with Gasteiger partial charge in [0.15, 0.2) is 0 Å². The van der Waals surface area contributed by atoms with Crippen molar-refractivity contribution in [2.75, 3.05) is 17.9 Å². The highest BCUT2D eigenvalue weighted by Gasteiger charge is 2.20. The largest absolute Gasteiger partial charge is 0.495 e. The van der Waals surface area contributed by atoms with E-state index in [0.29, 0.717) is 22.2 Å². The molecule has 0 spiro atoms. The van der Waals surface area contributed by atoms with E-state index in [0.717, 1.165) is 0 Å². The van der Waals surface area contributed by atoms with Crippen LogP contribution >= 0.6 is 23.2 Å². The van der Waals surface area contributed by atoms with Crippen LogP contribution in [0.1, 0.15) is 5.76 Å². The van der Waals surface area contributed by atoms with Crippen LogP contribution in [0.4, 0.5) is 5.69 Å². The number of hydrogen-bond donors (Lipinski definition) is 0. The fraction of sp³-hybridized carbons (Fsp3) is 0.214. The summed E-state index contributed by atoms with van der Waals surface area (Å²) in [5.41, 5.74) is 0.557. The van der Waals surface area contributed by atoms with Crippen molar-refractivity contribution in [1.29, 1.82) is 0 Å². The Morgan fingerprint density at radius 3 is 2.80 bits per heavy atom. The minimum Gasteiger partial charge on any atom is -0.495 e. The van der Waals surface area contributed by atoms with Gasteiger partial charge in [-0.05, 0) is 30.3 Å². The van der Waals surface area contributed by atoms with Gasteiger partial charge < -0.3 is 14.1 Å². The van der Waals surface area contributed by atoms with Gasteiger partial charge in [0.05, 0.1) is 25.6 Å². The van der Waals surface area contributed by atoms with Crippen molar-refractivity contribution in [2.45, 2.75) is 6.54 Å². The van der Waals surface area contributed by atoms with Crippen molar-refractivity contribution in [1.82, 2.24) is 0 Å². The number of carbonyl (C=O) groups excluding carboxylic acids is 1. The molecule has 0 aliphatic carbocycles. The molecule has 106 valence electrons. The van der Waals surface area contributed by atoms with E-state index in [1.54, 1.807) is 36.6 Å². The van der Waals surface area contributed by atoms with Crippen LogP contribution in [-0.2, 0) is 11.3 Å². The predicted molar refractivity (Wildman–Crippen MR) is 78.6 cm³/mol. The number of ether oxygens (including phenoxy) is 1. The summed E-state index contributed by atoms with van der Waals surface area (Å²) >= 11 is 11.7. The van der Waals surface area contributed by atoms with Crippen molar-refractivity contribution in [2.24, 2.45) is 0 Å². The number of methoxy groups -OCH3 is 1. The molecule has 1 amide bonds. The molecule has 6 heteroatoms. The summed E-state index contributed by atoms with van der Waals surface area (Å²) in [6.45, 7) is 0.259. The minimum absolute atomic E-state index is 0.142. The number of halogens is 2. The van der Waals surface area contributed by atoms with Crippen LogP contribution in [0.5, 0.6) is 5.75 Å². The van der Waals surface area contributed by atoms with Gasteiger partial charge in [0, 0.05) is 5.02 Å². The van der Waals surface area contributed by atoms with Crippen molar-refractivity contribution in [3.63, 3.8) is 0 Å². The molecular weight excluding hydrogens is 301 g/mol. The Kier molecular flexibility index (Phi) is 4.93. The minimum atomic E-state index is -0.261. The van der Waals surface area contributed by atoms with Gasteiger partial charge in [-0.1, -0.05) is 11.6 Å². The predicted octanol–water partition coefficient (Wildman–Crippen LogP) is 3.71.